The first-order valence-electron chi connectivity index (χ1n) is 10.4. The van der Waals surface area contributed by atoms with E-state index in [0.717, 1.165) is 17.3 Å². The van der Waals surface area contributed by atoms with Crippen LogP contribution >= 0.6 is 11.6 Å². The zero-order valence-electron chi connectivity index (χ0n) is 17.3. The molecule has 2 N–H and O–H groups in total. The van der Waals surface area contributed by atoms with Crippen molar-refractivity contribution in [3.63, 3.8) is 0 Å². The number of aromatic nitrogens is 1. The standard InChI is InChI=1S/C17H23N.C9H6ClNO/c1-3-14-9-8-10-15(17(14)4-2)13-18-16-11-6-5-7-12-16;10-8-3-7-5-11-2-1-6(7)4-9(8)12/h3-4,8-10,16,18H,1-2,5-7,11-13H2;1-5,12H. The van der Waals surface area contributed by atoms with Crippen molar-refractivity contribution in [3.05, 3.63) is 83.7 Å². The lowest BCUT2D eigenvalue weighted by molar-refractivity contribution is 0.372. The number of pyridine rings is 1. The van der Waals surface area contributed by atoms with E-state index in [0.29, 0.717) is 11.1 Å². The Morgan fingerprint density at radius 1 is 1.07 bits per heavy atom. The maximum absolute atomic E-state index is 9.26. The molecule has 1 aliphatic carbocycles. The van der Waals surface area contributed by atoms with E-state index in [-0.39, 0.29) is 5.75 Å². The second kappa shape index (κ2) is 11.0. The molecule has 0 saturated heterocycles. The van der Waals surface area contributed by atoms with Crippen LogP contribution in [0.2, 0.25) is 5.02 Å². The molecule has 0 aliphatic heterocycles. The summed E-state index contributed by atoms with van der Waals surface area (Å²) in [6.07, 6.45) is 14.0. The molecule has 1 fully saturated rings. The van der Waals surface area contributed by atoms with Gasteiger partial charge in [0, 0.05) is 30.4 Å². The molecular formula is C26H29ClN2O. The average molecular weight is 421 g/mol. The van der Waals surface area contributed by atoms with Crippen LogP contribution in [0.1, 0.15) is 48.8 Å². The van der Waals surface area contributed by atoms with Crippen molar-refractivity contribution in [2.45, 2.75) is 44.7 Å². The summed E-state index contributed by atoms with van der Waals surface area (Å²) in [7, 11) is 0. The molecule has 0 amide bonds. The largest absolute Gasteiger partial charge is 0.506 e. The summed E-state index contributed by atoms with van der Waals surface area (Å²) in [6.45, 7) is 8.72. The van der Waals surface area contributed by atoms with Crippen molar-refractivity contribution in [1.29, 1.82) is 0 Å². The van der Waals surface area contributed by atoms with Crippen molar-refractivity contribution in [3.8, 4) is 5.75 Å². The maximum atomic E-state index is 9.26. The predicted octanol–water partition coefficient (Wildman–Crippen LogP) is 6.99. The maximum Gasteiger partial charge on any atom is 0.134 e. The third-order valence-corrected chi connectivity index (χ3v) is 5.85. The van der Waals surface area contributed by atoms with Crippen LogP contribution < -0.4 is 5.32 Å². The molecule has 1 heterocycles. The van der Waals surface area contributed by atoms with Crippen LogP contribution in [0.4, 0.5) is 0 Å². The molecule has 0 spiro atoms. The second-order valence-corrected chi connectivity index (χ2v) is 7.98. The van der Waals surface area contributed by atoms with Gasteiger partial charge in [0.1, 0.15) is 5.75 Å². The van der Waals surface area contributed by atoms with Gasteiger partial charge in [0.2, 0.25) is 0 Å². The predicted molar refractivity (Wildman–Crippen MR) is 129 cm³/mol. The smallest absolute Gasteiger partial charge is 0.134 e. The Bertz CT molecular complexity index is 969. The lowest BCUT2D eigenvalue weighted by atomic mass is 9.94. The summed E-state index contributed by atoms with van der Waals surface area (Å²) in [4.78, 5) is 3.94. The summed E-state index contributed by atoms with van der Waals surface area (Å²) in [5.74, 6) is 0.107. The first-order valence-corrected chi connectivity index (χ1v) is 10.8. The fourth-order valence-electron chi connectivity index (χ4n) is 3.87. The van der Waals surface area contributed by atoms with E-state index >= 15 is 0 Å². The molecule has 0 bridgehead atoms. The lowest BCUT2D eigenvalue weighted by Crippen LogP contribution is -2.30. The average Bonchev–Trinajstić information content (AvgIpc) is 2.79. The van der Waals surface area contributed by atoms with E-state index in [1.54, 1.807) is 24.5 Å². The van der Waals surface area contributed by atoms with Crippen molar-refractivity contribution < 1.29 is 5.11 Å². The topological polar surface area (TPSA) is 45.1 Å². The van der Waals surface area contributed by atoms with E-state index < -0.39 is 0 Å². The Kier molecular flexibility index (Phi) is 8.06. The summed E-state index contributed by atoms with van der Waals surface area (Å²) in [5.41, 5.74) is 3.72. The molecule has 3 nitrogen and oxygen atoms in total. The minimum Gasteiger partial charge on any atom is -0.506 e. The molecule has 30 heavy (non-hydrogen) atoms. The fourth-order valence-corrected chi connectivity index (χ4v) is 4.04. The van der Waals surface area contributed by atoms with E-state index in [1.165, 1.54) is 48.8 Å². The van der Waals surface area contributed by atoms with Crippen LogP contribution in [-0.4, -0.2) is 16.1 Å². The van der Waals surface area contributed by atoms with Gasteiger partial charge in [-0.05, 0) is 53.1 Å². The van der Waals surface area contributed by atoms with Gasteiger partial charge in [0.25, 0.3) is 0 Å². The summed E-state index contributed by atoms with van der Waals surface area (Å²) >= 11 is 5.71. The van der Waals surface area contributed by atoms with Gasteiger partial charge in [-0.15, -0.1) is 0 Å². The monoisotopic (exact) mass is 420 g/mol. The number of hydrogen-bond donors (Lipinski definition) is 2. The Balaban J connectivity index is 0.000000184. The Hall–Kier alpha value is -2.62. The van der Waals surface area contributed by atoms with Gasteiger partial charge in [0.05, 0.1) is 5.02 Å². The highest BCUT2D eigenvalue weighted by Gasteiger charge is 2.13. The molecule has 2 aromatic carbocycles. The summed E-state index contributed by atoms with van der Waals surface area (Å²) in [6, 6.07) is 12.2. The molecule has 0 atom stereocenters. The van der Waals surface area contributed by atoms with Crippen molar-refractivity contribution in [1.82, 2.24) is 10.3 Å². The third kappa shape index (κ3) is 5.71. The van der Waals surface area contributed by atoms with Gasteiger partial charge in [-0.2, -0.15) is 0 Å². The SMILES string of the molecule is C=Cc1cccc(CNC2CCCCC2)c1C=C.Oc1cc2ccncc2cc1Cl. The number of fused-ring (bicyclic) bond motifs is 1. The van der Waals surface area contributed by atoms with Crippen molar-refractivity contribution in [2.75, 3.05) is 0 Å². The fraction of sp³-hybridized carbons (Fsp3) is 0.269. The summed E-state index contributed by atoms with van der Waals surface area (Å²) < 4.78 is 0. The third-order valence-electron chi connectivity index (χ3n) is 5.55. The number of aromatic hydroxyl groups is 1. The minimum atomic E-state index is 0.107. The Morgan fingerprint density at radius 3 is 2.60 bits per heavy atom. The zero-order valence-corrected chi connectivity index (χ0v) is 18.0. The highest BCUT2D eigenvalue weighted by Crippen LogP contribution is 2.28. The van der Waals surface area contributed by atoms with Crippen molar-refractivity contribution in [2.24, 2.45) is 0 Å². The number of phenolic OH excluding ortho intramolecular Hbond substituents is 1. The normalized spacial score (nSPS) is 14.0. The van der Waals surface area contributed by atoms with E-state index in [4.69, 9.17) is 11.6 Å². The van der Waals surface area contributed by atoms with E-state index in [1.807, 2.05) is 18.2 Å². The van der Waals surface area contributed by atoms with Crippen LogP contribution in [0.25, 0.3) is 22.9 Å². The molecule has 4 heteroatoms. The number of rotatable bonds is 5. The number of hydrogen-bond acceptors (Lipinski definition) is 3. The van der Waals surface area contributed by atoms with Crippen LogP contribution in [0.3, 0.4) is 0 Å². The molecule has 1 aromatic heterocycles. The first kappa shape index (κ1) is 22.1. The van der Waals surface area contributed by atoms with E-state index in [2.05, 4.69) is 41.7 Å². The van der Waals surface area contributed by atoms with Gasteiger partial charge in [-0.3, -0.25) is 4.98 Å². The quantitative estimate of drug-likeness (QED) is 0.467. The van der Waals surface area contributed by atoms with E-state index in [9.17, 15) is 5.11 Å². The Morgan fingerprint density at radius 2 is 1.87 bits per heavy atom. The van der Waals surface area contributed by atoms with Gasteiger partial charge in [-0.25, -0.2) is 0 Å². The number of nitrogens with zero attached hydrogens (tertiary/aromatic N) is 1. The van der Waals surface area contributed by atoms with Crippen LogP contribution in [0, 0.1) is 0 Å². The first-order chi connectivity index (χ1) is 14.6. The van der Waals surface area contributed by atoms with Crippen LogP contribution in [0.15, 0.2) is 61.9 Å². The molecule has 1 saturated carbocycles. The highest BCUT2D eigenvalue weighted by atomic mass is 35.5. The highest BCUT2D eigenvalue weighted by molar-refractivity contribution is 6.32. The number of halogens is 1. The van der Waals surface area contributed by atoms with Gasteiger partial charge < -0.3 is 10.4 Å². The van der Waals surface area contributed by atoms with Crippen molar-refractivity contribution >= 4 is 34.5 Å². The molecule has 0 unspecified atom stereocenters. The molecule has 1 aliphatic rings. The lowest BCUT2D eigenvalue weighted by Gasteiger charge is -2.23. The molecule has 0 radical (unpaired) electrons. The number of nitrogens with one attached hydrogen (secondary N) is 1. The number of benzene rings is 2. The number of phenols is 1. The van der Waals surface area contributed by atoms with Gasteiger partial charge in [-0.1, -0.05) is 74.4 Å². The van der Waals surface area contributed by atoms with Gasteiger partial charge in [0.15, 0.2) is 0 Å². The molecule has 3 aromatic rings. The summed E-state index contributed by atoms with van der Waals surface area (Å²) in [5, 5.41) is 15.2. The van der Waals surface area contributed by atoms with Gasteiger partial charge >= 0.3 is 0 Å². The molecular weight excluding hydrogens is 392 g/mol. The van der Waals surface area contributed by atoms with Crippen LogP contribution in [0.5, 0.6) is 5.75 Å². The zero-order chi connectivity index (χ0) is 21.3. The second-order valence-electron chi connectivity index (χ2n) is 7.57. The molecule has 4 rings (SSSR count). The Labute approximate surface area is 184 Å². The minimum absolute atomic E-state index is 0.107. The molecule has 156 valence electrons. The van der Waals surface area contributed by atoms with Crippen LogP contribution in [-0.2, 0) is 6.54 Å².